The Balaban J connectivity index is 1.28. The lowest BCUT2D eigenvalue weighted by Crippen LogP contribution is -2.53. The zero-order valence-corrected chi connectivity index (χ0v) is 15.2. The molecule has 7 rings (SSSR count). The van der Waals surface area contributed by atoms with Gasteiger partial charge in [-0.3, -0.25) is 10.1 Å². The molecule has 1 amide bonds. The summed E-state index contributed by atoms with van der Waals surface area (Å²) in [6.45, 7) is 0. The Morgan fingerprint density at radius 1 is 1.23 bits per heavy atom. The Hall–Kier alpha value is -2.21. The molecule has 1 aromatic heterocycles. The molecule has 26 heavy (non-hydrogen) atoms. The molecule has 6 heteroatoms. The third-order valence-electron chi connectivity index (χ3n) is 6.71. The Morgan fingerprint density at radius 3 is 2.92 bits per heavy atom. The van der Waals surface area contributed by atoms with Crippen molar-refractivity contribution in [2.45, 2.75) is 37.6 Å². The third kappa shape index (κ3) is 2.18. The SMILES string of the molecule is O=C1NC(NC23CC4CC(CC2C4)C3)=N/C1=C\c1ccc2ncsc2c1. The van der Waals surface area contributed by atoms with Gasteiger partial charge in [-0.05, 0) is 73.6 Å². The molecule has 4 aliphatic carbocycles. The van der Waals surface area contributed by atoms with Gasteiger partial charge >= 0.3 is 0 Å². The minimum Gasteiger partial charge on any atom is -0.350 e. The first kappa shape index (κ1) is 14.9. The summed E-state index contributed by atoms with van der Waals surface area (Å²) >= 11 is 1.61. The van der Waals surface area contributed by atoms with Crippen LogP contribution in [0.25, 0.3) is 16.3 Å². The number of aromatic nitrogens is 1. The number of amides is 1. The zero-order valence-electron chi connectivity index (χ0n) is 14.4. The Kier molecular flexibility index (Phi) is 2.96. The molecule has 0 saturated heterocycles. The van der Waals surface area contributed by atoms with Gasteiger partial charge in [0.05, 0.1) is 15.7 Å². The van der Waals surface area contributed by atoms with Crippen molar-refractivity contribution in [1.29, 1.82) is 0 Å². The molecule has 5 nitrogen and oxygen atoms in total. The smallest absolute Gasteiger partial charge is 0.276 e. The molecular formula is C20H20N4OS. The molecule has 0 radical (unpaired) electrons. The largest absolute Gasteiger partial charge is 0.350 e. The Bertz CT molecular complexity index is 977. The van der Waals surface area contributed by atoms with Crippen molar-refractivity contribution in [2.75, 3.05) is 0 Å². The van der Waals surface area contributed by atoms with Crippen molar-refractivity contribution < 1.29 is 4.79 Å². The van der Waals surface area contributed by atoms with Gasteiger partial charge in [0.2, 0.25) is 5.96 Å². The van der Waals surface area contributed by atoms with E-state index in [1.54, 1.807) is 11.3 Å². The number of benzene rings is 1. The molecule has 5 aliphatic rings. The summed E-state index contributed by atoms with van der Waals surface area (Å²) in [4.78, 5) is 21.3. The second-order valence-corrected chi connectivity index (χ2v) is 9.24. The number of guanidine groups is 1. The Morgan fingerprint density at radius 2 is 2.08 bits per heavy atom. The maximum absolute atomic E-state index is 12.4. The highest BCUT2D eigenvalue weighted by Crippen LogP contribution is 2.60. The van der Waals surface area contributed by atoms with E-state index in [2.05, 4.69) is 26.7 Å². The average molecular weight is 364 g/mol. The number of hydrogen-bond acceptors (Lipinski definition) is 5. The number of aliphatic imine (C=N–C) groups is 1. The summed E-state index contributed by atoms with van der Waals surface area (Å²) in [7, 11) is 0. The van der Waals surface area contributed by atoms with E-state index in [4.69, 9.17) is 0 Å². The number of thiazole rings is 1. The monoisotopic (exact) mass is 364 g/mol. The van der Waals surface area contributed by atoms with Crippen LogP contribution in [-0.2, 0) is 4.79 Å². The van der Waals surface area contributed by atoms with Gasteiger partial charge in [-0.1, -0.05) is 6.07 Å². The highest BCUT2D eigenvalue weighted by atomic mass is 32.1. The maximum Gasteiger partial charge on any atom is 0.276 e. The fraction of sp³-hybridized carbons (Fsp3) is 0.450. The first-order chi connectivity index (χ1) is 12.7. The van der Waals surface area contributed by atoms with Crippen LogP contribution in [0.15, 0.2) is 34.4 Å². The second-order valence-electron chi connectivity index (χ2n) is 8.35. The lowest BCUT2D eigenvalue weighted by Gasteiger charge is -2.34. The first-order valence-corrected chi connectivity index (χ1v) is 10.3. The van der Waals surface area contributed by atoms with Gasteiger partial charge in [-0.25, -0.2) is 9.98 Å². The Labute approximate surface area is 155 Å². The van der Waals surface area contributed by atoms with Crippen LogP contribution in [0.1, 0.15) is 37.7 Å². The number of carbonyl (C=O) groups is 1. The van der Waals surface area contributed by atoms with Crippen molar-refractivity contribution in [1.82, 2.24) is 15.6 Å². The van der Waals surface area contributed by atoms with Crippen LogP contribution in [0, 0.1) is 17.8 Å². The number of nitrogens with one attached hydrogen (secondary N) is 2. The van der Waals surface area contributed by atoms with Crippen molar-refractivity contribution in [2.24, 2.45) is 22.7 Å². The first-order valence-electron chi connectivity index (χ1n) is 9.40. The molecule has 1 aromatic carbocycles. The second kappa shape index (κ2) is 5.16. The van der Waals surface area contributed by atoms with Crippen molar-refractivity contribution in [3.05, 3.63) is 35.0 Å². The zero-order chi connectivity index (χ0) is 17.3. The van der Waals surface area contributed by atoms with Gasteiger partial charge in [0.1, 0.15) is 5.70 Å². The highest BCUT2D eigenvalue weighted by Gasteiger charge is 2.58. The molecule has 0 spiro atoms. The minimum absolute atomic E-state index is 0.119. The molecule has 4 fully saturated rings. The van der Waals surface area contributed by atoms with Crippen molar-refractivity contribution in [3.63, 3.8) is 0 Å². The van der Waals surface area contributed by atoms with Gasteiger partial charge in [0, 0.05) is 5.54 Å². The molecule has 2 heterocycles. The van der Waals surface area contributed by atoms with Crippen LogP contribution >= 0.6 is 11.3 Å². The number of hydrogen-bond donors (Lipinski definition) is 2. The van der Waals surface area contributed by atoms with E-state index < -0.39 is 0 Å². The van der Waals surface area contributed by atoms with Gasteiger partial charge in [-0.2, -0.15) is 0 Å². The summed E-state index contributed by atoms with van der Waals surface area (Å²) in [6.07, 6.45) is 8.45. The van der Waals surface area contributed by atoms with Crippen LogP contribution in [0.2, 0.25) is 0 Å². The molecule has 1 aliphatic heterocycles. The summed E-state index contributed by atoms with van der Waals surface area (Å²) in [6, 6.07) is 6.03. The van der Waals surface area contributed by atoms with Crippen molar-refractivity contribution >= 4 is 39.5 Å². The van der Waals surface area contributed by atoms with Crippen molar-refractivity contribution in [3.8, 4) is 0 Å². The topological polar surface area (TPSA) is 66.4 Å². The molecule has 2 aromatic rings. The molecule has 2 atom stereocenters. The average Bonchev–Trinajstić information content (AvgIpc) is 3.30. The van der Waals surface area contributed by atoms with E-state index >= 15 is 0 Å². The standard InChI is InChI=1S/C20H20N4OS/c25-18-16(6-11-1-2-15-17(7-11)26-10-21-15)22-19(23-18)24-20-8-12-3-13(9-20)5-14(20)4-12/h1-2,6-7,10,12-14H,3-5,8-9H2,(H2,22,23,24,25)/b16-6-. The lowest BCUT2D eigenvalue weighted by molar-refractivity contribution is -0.115. The lowest BCUT2D eigenvalue weighted by atomic mass is 9.80. The number of rotatable bonds is 2. The number of fused-ring (bicyclic) bond motifs is 1. The molecular weight excluding hydrogens is 344 g/mol. The molecule has 132 valence electrons. The molecule has 2 N–H and O–H groups in total. The quantitative estimate of drug-likeness (QED) is 0.804. The highest BCUT2D eigenvalue weighted by molar-refractivity contribution is 7.16. The minimum atomic E-state index is -0.119. The van der Waals surface area contributed by atoms with Crippen LogP contribution < -0.4 is 10.6 Å². The van der Waals surface area contributed by atoms with Crippen LogP contribution in [-0.4, -0.2) is 22.4 Å². The maximum atomic E-state index is 12.4. The summed E-state index contributed by atoms with van der Waals surface area (Å²) in [5, 5.41) is 6.60. The van der Waals surface area contributed by atoms with E-state index in [9.17, 15) is 4.79 Å². The number of nitrogens with zero attached hydrogens (tertiary/aromatic N) is 2. The molecule has 2 unspecified atom stereocenters. The van der Waals surface area contributed by atoms with Gasteiger partial charge < -0.3 is 5.32 Å². The van der Waals surface area contributed by atoms with E-state index in [0.29, 0.717) is 11.7 Å². The number of carbonyl (C=O) groups excluding carboxylic acids is 1. The van der Waals surface area contributed by atoms with Gasteiger partial charge in [0.25, 0.3) is 5.91 Å². The predicted octanol–water partition coefficient (Wildman–Crippen LogP) is 3.29. The molecule has 4 bridgehead atoms. The molecule has 4 saturated carbocycles. The summed E-state index contributed by atoms with van der Waals surface area (Å²) in [5.41, 5.74) is 4.47. The summed E-state index contributed by atoms with van der Waals surface area (Å²) < 4.78 is 1.12. The van der Waals surface area contributed by atoms with Gasteiger partial charge in [0.15, 0.2) is 0 Å². The van der Waals surface area contributed by atoms with Crippen LogP contribution in [0.3, 0.4) is 0 Å². The van der Waals surface area contributed by atoms with Crippen LogP contribution in [0.5, 0.6) is 0 Å². The van der Waals surface area contributed by atoms with E-state index in [1.807, 2.05) is 23.7 Å². The van der Waals surface area contributed by atoms with E-state index in [1.165, 1.54) is 32.1 Å². The van der Waals surface area contributed by atoms with Crippen LogP contribution in [0.4, 0.5) is 0 Å². The normalized spacial score (nSPS) is 36.2. The fourth-order valence-corrected chi connectivity index (χ4v) is 6.61. The summed E-state index contributed by atoms with van der Waals surface area (Å²) in [5.74, 6) is 3.03. The van der Waals surface area contributed by atoms with Gasteiger partial charge in [-0.15, -0.1) is 11.3 Å². The van der Waals surface area contributed by atoms with E-state index in [-0.39, 0.29) is 11.4 Å². The third-order valence-corrected chi connectivity index (χ3v) is 7.50. The fourth-order valence-electron chi connectivity index (χ4n) is 5.88. The predicted molar refractivity (Wildman–Crippen MR) is 103 cm³/mol. The van der Waals surface area contributed by atoms with E-state index in [0.717, 1.165) is 33.5 Å².